The van der Waals surface area contributed by atoms with Gasteiger partial charge in [0.25, 0.3) is 0 Å². The standard InChI is InChI=1S/C13H11BrClNO2S/c1-2-18-12(17)6-9-7-19-13(16-9)10-4-3-8(15)5-11(10)14/h3-5,7H,2,6H2,1H3. The summed E-state index contributed by atoms with van der Waals surface area (Å²) >= 11 is 10.9. The lowest BCUT2D eigenvalue weighted by Gasteiger charge is -2.01. The summed E-state index contributed by atoms with van der Waals surface area (Å²) < 4.78 is 5.79. The first kappa shape index (κ1) is 14.5. The molecule has 0 aliphatic carbocycles. The molecule has 0 unspecified atom stereocenters. The van der Waals surface area contributed by atoms with Crippen LogP contribution in [0.3, 0.4) is 0 Å². The predicted molar refractivity (Wildman–Crippen MR) is 80.6 cm³/mol. The molecule has 1 heterocycles. The highest BCUT2D eigenvalue weighted by Crippen LogP contribution is 2.32. The number of carbonyl (C=O) groups excluding carboxylic acids is 1. The molecular formula is C13H11BrClNO2S. The molecule has 0 saturated carbocycles. The molecule has 0 N–H and O–H groups in total. The first-order valence-corrected chi connectivity index (χ1v) is 7.70. The van der Waals surface area contributed by atoms with E-state index in [-0.39, 0.29) is 12.4 Å². The molecule has 100 valence electrons. The van der Waals surface area contributed by atoms with Gasteiger partial charge in [-0.2, -0.15) is 0 Å². The summed E-state index contributed by atoms with van der Waals surface area (Å²) in [6, 6.07) is 5.54. The van der Waals surface area contributed by atoms with E-state index in [1.807, 2.05) is 23.6 Å². The Balaban J connectivity index is 2.18. The van der Waals surface area contributed by atoms with Crippen molar-refractivity contribution in [2.75, 3.05) is 6.61 Å². The Kier molecular flexibility index (Phi) is 4.96. The van der Waals surface area contributed by atoms with E-state index in [1.54, 1.807) is 6.92 Å². The van der Waals surface area contributed by atoms with Crippen molar-refractivity contribution in [1.29, 1.82) is 0 Å². The van der Waals surface area contributed by atoms with Crippen LogP contribution in [0.15, 0.2) is 28.1 Å². The second-order valence-electron chi connectivity index (χ2n) is 3.75. The first-order valence-electron chi connectivity index (χ1n) is 5.65. The summed E-state index contributed by atoms with van der Waals surface area (Å²) in [5.74, 6) is -0.255. The van der Waals surface area contributed by atoms with Crippen LogP contribution in [0.5, 0.6) is 0 Å². The maximum Gasteiger partial charge on any atom is 0.311 e. The van der Waals surface area contributed by atoms with Crippen molar-refractivity contribution in [3.05, 3.63) is 38.8 Å². The number of nitrogens with zero attached hydrogens (tertiary/aromatic N) is 1. The minimum Gasteiger partial charge on any atom is -0.466 e. The Labute approximate surface area is 128 Å². The third-order valence-corrected chi connectivity index (χ3v) is 4.16. The molecule has 1 aromatic carbocycles. The zero-order valence-electron chi connectivity index (χ0n) is 10.2. The normalized spacial score (nSPS) is 10.5. The van der Waals surface area contributed by atoms with E-state index >= 15 is 0 Å². The molecule has 0 radical (unpaired) electrons. The molecule has 3 nitrogen and oxygen atoms in total. The summed E-state index contributed by atoms with van der Waals surface area (Å²) in [6.07, 6.45) is 0.204. The number of hydrogen-bond acceptors (Lipinski definition) is 4. The van der Waals surface area contributed by atoms with Crippen LogP contribution in [0.25, 0.3) is 10.6 Å². The lowest BCUT2D eigenvalue weighted by Crippen LogP contribution is -2.07. The highest BCUT2D eigenvalue weighted by atomic mass is 79.9. The van der Waals surface area contributed by atoms with Crippen LogP contribution in [-0.2, 0) is 16.0 Å². The fourth-order valence-electron chi connectivity index (χ4n) is 1.53. The van der Waals surface area contributed by atoms with E-state index in [1.165, 1.54) is 11.3 Å². The van der Waals surface area contributed by atoms with Crippen molar-refractivity contribution in [2.24, 2.45) is 0 Å². The molecule has 2 aromatic rings. The van der Waals surface area contributed by atoms with Crippen molar-refractivity contribution in [3.8, 4) is 10.6 Å². The van der Waals surface area contributed by atoms with Crippen LogP contribution in [0.1, 0.15) is 12.6 Å². The van der Waals surface area contributed by atoms with Gasteiger partial charge in [-0.05, 0) is 25.1 Å². The van der Waals surface area contributed by atoms with Gasteiger partial charge in [0, 0.05) is 20.4 Å². The Bertz CT molecular complexity index is 600. The zero-order chi connectivity index (χ0) is 13.8. The van der Waals surface area contributed by atoms with Crippen molar-refractivity contribution < 1.29 is 9.53 Å². The number of benzene rings is 1. The Morgan fingerprint density at radius 2 is 2.32 bits per heavy atom. The minimum absolute atomic E-state index is 0.204. The molecule has 0 spiro atoms. The highest BCUT2D eigenvalue weighted by molar-refractivity contribution is 9.10. The molecule has 0 bridgehead atoms. The molecule has 0 amide bonds. The minimum atomic E-state index is -0.255. The average Bonchev–Trinajstić information content (AvgIpc) is 2.77. The number of halogens is 2. The topological polar surface area (TPSA) is 39.2 Å². The third-order valence-electron chi connectivity index (χ3n) is 2.34. The summed E-state index contributed by atoms with van der Waals surface area (Å²) in [5.41, 5.74) is 1.69. The molecule has 0 atom stereocenters. The van der Waals surface area contributed by atoms with Crippen LogP contribution >= 0.6 is 38.9 Å². The first-order chi connectivity index (χ1) is 9.10. The number of hydrogen-bond donors (Lipinski definition) is 0. The van der Waals surface area contributed by atoms with Crippen LogP contribution in [0, 0.1) is 0 Å². The fraction of sp³-hybridized carbons (Fsp3) is 0.231. The predicted octanol–water partition coefficient (Wildman–Crippen LogP) is 4.33. The summed E-state index contributed by atoms with van der Waals surface area (Å²) in [7, 11) is 0. The van der Waals surface area contributed by atoms with Gasteiger partial charge in [-0.3, -0.25) is 4.79 Å². The lowest BCUT2D eigenvalue weighted by atomic mass is 10.2. The molecule has 0 fully saturated rings. The molecule has 0 aliphatic heterocycles. The molecular weight excluding hydrogens is 350 g/mol. The summed E-state index contributed by atoms with van der Waals surface area (Å²) in [6.45, 7) is 2.17. The number of rotatable bonds is 4. The number of thiazole rings is 1. The van der Waals surface area contributed by atoms with Gasteiger partial charge < -0.3 is 4.74 Å². The molecule has 0 aliphatic rings. The summed E-state index contributed by atoms with van der Waals surface area (Å²) in [5, 5.41) is 3.38. The molecule has 1 aromatic heterocycles. The quantitative estimate of drug-likeness (QED) is 0.762. The fourth-order valence-corrected chi connectivity index (χ4v) is 3.40. The van der Waals surface area contributed by atoms with Gasteiger partial charge in [-0.1, -0.05) is 27.5 Å². The van der Waals surface area contributed by atoms with Gasteiger partial charge >= 0.3 is 5.97 Å². The Morgan fingerprint density at radius 3 is 3.00 bits per heavy atom. The van der Waals surface area contributed by atoms with E-state index < -0.39 is 0 Å². The molecule has 6 heteroatoms. The second kappa shape index (κ2) is 6.50. The van der Waals surface area contributed by atoms with E-state index in [2.05, 4.69) is 20.9 Å². The number of carbonyl (C=O) groups is 1. The van der Waals surface area contributed by atoms with Crippen LogP contribution in [0.2, 0.25) is 5.02 Å². The number of ether oxygens (including phenoxy) is 1. The lowest BCUT2D eigenvalue weighted by molar-refractivity contribution is -0.142. The van der Waals surface area contributed by atoms with E-state index in [4.69, 9.17) is 16.3 Å². The maximum absolute atomic E-state index is 11.4. The largest absolute Gasteiger partial charge is 0.466 e. The summed E-state index contributed by atoms with van der Waals surface area (Å²) in [4.78, 5) is 15.8. The van der Waals surface area contributed by atoms with Crippen molar-refractivity contribution in [3.63, 3.8) is 0 Å². The average molecular weight is 361 g/mol. The highest BCUT2D eigenvalue weighted by Gasteiger charge is 2.11. The van der Waals surface area contributed by atoms with Crippen molar-refractivity contribution >= 4 is 44.8 Å². The van der Waals surface area contributed by atoms with Gasteiger partial charge in [0.2, 0.25) is 0 Å². The van der Waals surface area contributed by atoms with Gasteiger partial charge in [0.05, 0.1) is 18.7 Å². The van der Waals surface area contributed by atoms with Crippen LogP contribution in [-0.4, -0.2) is 17.6 Å². The van der Waals surface area contributed by atoms with Crippen LogP contribution < -0.4 is 0 Å². The van der Waals surface area contributed by atoms with E-state index in [9.17, 15) is 4.79 Å². The van der Waals surface area contributed by atoms with Gasteiger partial charge in [0.15, 0.2) is 0 Å². The maximum atomic E-state index is 11.4. The SMILES string of the molecule is CCOC(=O)Cc1csc(-c2ccc(Cl)cc2Br)n1. The van der Waals surface area contributed by atoms with E-state index in [0.717, 1.165) is 20.7 Å². The number of aromatic nitrogens is 1. The monoisotopic (exact) mass is 359 g/mol. The van der Waals surface area contributed by atoms with Crippen molar-refractivity contribution in [1.82, 2.24) is 4.98 Å². The smallest absolute Gasteiger partial charge is 0.311 e. The van der Waals surface area contributed by atoms with E-state index in [0.29, 0.717) is 11.6 Å². The van der Waals surface area contributed by atoms with Gasteiger partial charge in [0.1, 0.15) is 5.01 Å². The zero-order valence-corrected chi connectivity index (χ0v) is 13.3. The Hall–Kier alpha value is -0.910. The Morgan fingerprint density at radius 1 is 1.53 bits per heavy atom. The molecule has 19 heavy (non-hydrogen) atoms. The number of esters is 1. The van der Waals surface area contributed by atoms with Gasteiger partial charge in [-0.25, -0.2) is 4.98 Å². The van der Waals surface area contributed by atoms with Gasteiger partial charge in [-0.15, -0.1) is 11.3 Å². The molecule has 0 saturated heterocycles. The van der Waals surface area contributed by atoms with Crippen molar-refractivity contribution in [2.45, 2.75) is 13.3 Å². The molecule has 2 rings (SSSR count). The second-order valence-corrected chi connectivity index (χ2v) is 5.90. The van der Waals surface area contributed by atoms with Crippen LogP contribution in [0.4, 0.5) is 0 Å². The third kappa shape index (κ3) is 3.78.